The lowest BCUT2D eigenvalue weighted by Gasteiger charge is -2.41. The first kappa shape index (κ1) is 20.7. The van der Waals surface area contributed by atoms with Gasteiger partial charge in [0.1, 0.15) is 5.75 Å². The van der Waals surface area contributed by atoms with Crippen molar-refractivity contribution < 1.29 is 9.53 Å². The molecule has 1 fully saturated rings. The number of fused-ring (bicyclic) bond motifs is 1. The summed E-state index contributed by atoms with van der Waals surface area (Å²) in [6, 6.07) is 13.6. The molecule has 4 nitrogen and oxygen atoms in total. The molecular formula is C24H24N2O2S2. The molecule has 0 spiro atoms. The maximum atomic E-state index is 13.1. The van der Waals surface area contributed by atoms with Crippen LogP contribution in [0.25, 0.3) is 11.6 Å². The molecule has 0 unspecified atom stereocenters. The number of hydrogen-bond acceptors (Lipinski definition) is 5. The molecule has 0 saturated carbocycles. The Morgan fingerprint density at radius 1 is 1.17 bits per heavy atom. The van der Waals surface area contributed by atoms with Crippen molar-refractivity contribution in [3.63, 3.8) is 0 Å². The summed E-state index contributed by atoms with van der Waals surface area (Å²) in [4.78, 5) is 17.5. The van der Waals surface area contributed by atoms with Crippen molar-refractivity contribution >= 4 is 57.2 Å². The van der Waals surface area contributed by atoms with Crippen LogP contribution in [0.3, 0.4) is 0 Å². The van der Waals surface area contributed by atoms with Crippen LogP contribution in [0.5, 0.6) is 5.75 Å². The zero-order chi connectivity index (χ0) is 21.6. The summed E-state index contributed by atoms with van der Waals surface area (Å²) in [7, 11) is 3.75. The standard InChI is InChI=1S/C24H24N2O2S2/c1-15-14-24(2,3)25(4)19-13-20(28-5)16(11-18(15)19)12-21-22(27)26(23(29)30-21)17-9-7-6-8-10-17/h6-14H,1-5H3/b21-12+. The van der Waals surface area contributed by atoms with Crippen molar-refractivity contribution in [2.45, 2.75) is 26.3 Å². The number of thiocarbonyl (C=S) groups is 1. The van der Waals surface area contributed by atoms with Gasteiger partial charge in [-0.15, -0.1) is 0 Å². The van der Waals surface area contributed by atoms with Crippen LogP contribution in [-0.4, -0.2) is 29.9 Å². The van der Waals surface area contributed by atoms with Gasteiger partial charge in [-0.1, -0.05) is 48.3 Å². The Morgan fingerprint density at radius 2 is 1.87 bits per heavy atom. The number of ether oxygens (including phenoxy) is 1. The van der Waals surface area contributed by atoms with E-state index in [0.717, 1.165) is 28.3 Å². The van der Waals surface area contributed by atoms with E-state index in [0.29, 0.717) is 9.23 Å². The van der Waals surface area contributed by atoms with Crippen LogP contribution >= 0.6 is 24.0 Å². The Balaban J connectivity index is 1.77. The second-order valence-corrected chi connectivity index (χ2v) is 9.68. The average molecular weight is 437 g/mol. The van der Waals surface area contributed by atoms with Crippen LogP contribution < -0.4 is 14.5 Å². The van der Waals surface area contributed by atoms with Crippen molar-refractivity contribution in [1.82, 2.24) is 0 Å². The molecule has 2 heterocycles. The minimum absolute atomic E-state index is 0.0816. The molecule has 4 rings (SSSR count). The number of carbonyl (C=O) groups is 1. The summed E-state index contributed by atoms with van der Waals surface area (Å²) < 4.78 is 6.22. The van der Waals surface area contributed by atoms with Crippen LogP contribution in [0.2, 0.25) is 0 Å². The molecular weight excluding hydrogens is 412 g/mol. The van der Waals surface area contributed by atoms with Gasteiger partial charge < -0.3 is 9.64 Å². The van der Waals surface area contributed by atoms with Crippen molar-refractivity contribution in [3.05, 3.63) is 64.6 Å². The summed E-state index contributed by atoms with van der Waals surface area (Å²) in [5, 5.41) is 0. The highest BCUT2D eigenvalue weighted by atomic mass is 32.2. The molecule has 0 aromatic heterocycles. The monoisotopic (exact) mass is 436 g/mol. The van der Waals surface area contributed by atoms with Crippen molar-refractivity contribution in [2.24, 2.45) is 0 Å². The lowest BCUT2D eigenvalue weighted by Crippen LogP contribution is -2.42. The van der Waals surface area contributed by atoms with Crippen LogP contribution in [0.15, 0.2) is 53.4 Å². The molecule has 0 aliphatic carbocycles. The highest BCUT2D eigenvalue weighted by Gasteiger charge is 2.34. The Labute approximate surface area is 187 Å². The zero-order valence-electron chi connectivity index (χ0n) is 17.7. The number of thioether (sulfide) groups is 1. The molecule has 2 aliphatic heterocycles. The molecule has 0 bridgehead atoms. The normalized spacial score (nSPS) is 19.2. The molecule has 0 N–H and O–H groups in total. The average Bonchev–Trinajstić information content (AvgIpc) is 2.99. The minimum Gasteiger partial charge on any atom is -0.496 e. The molecule has 1 saturated heterocycles. The van der Waals surface area contributed by atoms with E-state index in [1.165, 1.54) is 17.3 Å². The molecule has 2 aromatic rings. The number of para-hydroxylation sites is 1. The third kappa shape index (κ3) is 3.44. The van der Waals surface area contributed by atoms with Crippen LogP contribution in [0.4, 0.5) is 11.4 Å². The molecule has 0 atom stereocenters. The topological polar surface area (TPSA) is 32.8 Å². The van der Waals surface area contributed by atoms with Gasteiger partial charge in [-0.3, -0.25) is 9.69 Å². The van der Waals surface area contributed by atoms with Gasteiger partial charge in [0.2, 0.25) is 0 Å². The van der Waals surface area contributed by atoms with Gasteiger partial charge in [0, 0.05) is 29.9 Å². The smallest absolute Gasteiger partial charge is 0.270 e. The van der Waals surface area contributed by atoms with Gasteiger partial charge >= 0.3 is 0 Å². The van der Waals surface area contributed by atoms with Gasteiger partial charge in [0.15, 0.2) is 4.32 Å². The van der Waals surface area contributed by atoms with E-state index in [1.807, 2.05) is 36.4 Å². The summed E-state index contributed by atoms with van der Waals surface area (Å²) in [6.07, 6.45) is 4.15. The largest absolute Gasteiger partial charge is 0.496 e. The lowest BCUT2D eigenvalue weighted by molar-refractivity contribution is -0.113. The number of nitrogens with zero attached hydrogens (tertiary/aromatic N) is 2. The number of allylic oxidation sites excluding steroid dienone is 1. The molecule has 154 valence electrons. The van der Waals surface area contributed by atoms with E-state index >= 15 is 0 Å². The third-order valence-corrected chi connectivity index (χ3v) is 6.97. The Morgan fingerprint density at radius 3 is 2.53 bits per heavy atom. The predicted octanol–water partition coefficient (Wildman–Crippen LogP) is 5.73. The second-order valence-electron chi connectivity index (χ2n) is 8.00. The molecule has 6 heteroatoms. The predicted molar refractivity (Wildman–Crippen MR) is 131 cm³/mol. The molecule has 1 amide bonds. The summed E-state index contributed by atoms with van der Waals surface area (Å²) in [6.45, 7) is 6.50. The quantitative estimate of drug-likeness (QED) is 0.453. The van der Waals surface area contributed by atoms with Crippen LogP contribution in [0.1, 0.15) is 31.9 Å². The van der Waals surface area contributed by atoms with Gasteiger partial charge in [-0.05, 0) is 50.6 Å². The van der Waals surface area contributed by atoms with Crippen molar-refractivity contribution in [2.75, 3.05) is 24.0 Å². The van der Waals surface area contributed by atoms with E-state index in [4.69, 9.17) is 17.0 Å². The SMILES string of the molecule is COc1cc2c(cc1/C=C1/SC(=S)N(c3ccccc3)C1=O)C(C)=CC(C)(C)N2C. The number of anilines is 2. The minimum atomic E-state index is -0.110. The summed E-state index contributed by atoms with van der Waals surface area (Å²) in [5.74, 6) is 0.623. The number of benzene rings is 2. The van der Waals surface area contributed by atoms with E-state index in [9.17, 15) is 4.79 Å². The number of rotatable bonds is 3. The maximum Gasteiger partial charge on any atom is 0.270 e. The van der Waals surface area contributed by atoms with Gasteiger partial charge in [0.25, 0.3) is 5.91 Å². The van der Waals surface area contributed by atoms with E-state index in [1.54, 1.807) is 12.0 Å². The third-order valence-electron chi connectivity index (χ3n) is 5.66. The first-order valence-electron chi connectivity index (χ1n) is 9.71. The fraction of sp³-hybridized carbons (Fsp3) is 0.250. The van der Waals surface area contributed by atoms with E-state index in [2.05, 4.69) is 50.9 Å². The number of carbonyl (C=O) groups excluding carboxylic acids is 1. The Hall–Kier alpha value is -2.57. The molecule has 30 heavy (non-hydrogen) atoms. The Kier molecular flexibility index (Phi) is 5.24. The van der Waals surface area contributed by atoms with Gasteiger partial charge in [-0.25, -0.2) is 0 Å². The van der Waals surface area contributed by atoms with Crippen molar-refractivity contribution in [3.8, 4) is 5.75 Å². The zero-order valence-corrected chi connectivity index (χ0v) is 19.4. The van der Waals surface area contributed by atoms with Gasteiger partial charge in [0.05, 0.1) is 23.2 Å². The number of hydrogen-bond donors (Lipinski definition) is 0. The van der Waals surface area contributed by atoms with Crippen LogP contribution in [0, 0.1) is 0 Å². The number of likely N-dealkylation sites (N-methyl/N-ethyl adjacent to an activating group) is 1. The first-order chi connectivity index (χ1) is 14.2. The lowest BCUT2D eigenvalue weighted by atomic mass is 9.88. The van der Waals surface area contributed by atoms with Crippen molar-refractivity contribution in [1.29, 1.82) is 0 Å². The Bertz CT molecular complexity index is 1100. The van der Waals surface area contributed by atoms with E-state index in [-0.39, 0.29) is 11.4 Å². The molecule has 2 aliphatic rings. The highest BCUT2D eigenvalue weighted by molar-refractivity contribution is 8.27. The maximum absolute atomic E-state index is 13.1. The number of methoxy groups -OCH3 is 1. The fourth-order valence-corrected chi connectivity index (χ4v) is 5.18. The molecule has 2 aromatic carbocycles. The fourth-order valence-electron chi connectivity index (χ4n) is 3.89. The van der Waals surface area contributed by atoms with E-state index < -0.39 is 0 Å². The highest BCUT2D eigenvalue weighted by Crippen LogP contribution is 2.43. The van der Waals surface area contributed by atoms with Crippen LogP contribution in [-0.2, 0) is 4.79 Å². The summed E-state index contributed by atoms with van der Waals surface area (Å²) >= 11 is 6.81. The summed E-state index contributed by atoms with van der Waals surface area (Å²) in [5.41, 5.74) is 5.03. The second kappa shape index (κ2) is 7.60. The number of amides is 1. The van der Waals surface area contributed by atoms with Gasteiger partial charge in [-0.2, -0.15) is 0 Å². The molecule has 0 radical (unpaired) electrons. The first-order valence-corrected chi connectivity index (χ1v) is 10.9.